The molecule has 5 heteroatoms. The van der Waals surface area contributed by atoms with E-state index >= 15 is 0 Å². The third kappa shape index (κ3) is 3.23. The number of hydrogen-bond donors (Lipinski definition) is 0. The summed E-state index contributed by atoms with van der Waals surface area (Å²) in [5.41, 5.74) is 0. The Morgan fingerprint density at radius 1 is 1.35 bits per heavy atom. The number of nitrogens with zero attached hydrogens (tertiary/aromatic N) is 3. The number of carbonyl (C=O) groups is 1. The molecule has 1 fully saturated rings. The Morgan fingerprint density at radius 3 is 2.47 bits per heavy atom. The molecule has 0 atom stereocenters. The quantitative estimate of drug-likeness (QED) is 0.721. The molecule has 0 aromatic carbocycles. The van der Waals surface area contributed by atoms with Crippen LogP contribution in [0.1, 0.15) is 31.5 Å². The summed E-state index contributed by atoms with van der Waals surface area (Å²) in [6.45, 7) is 3.53. The van der Waals surface area contributed by atoms with E-state index in [1.807, 2.05) is 0 Å². The lowest BCUT2D eigenvalue weighted by atomic mass is 9.96. The molecule has 0 spiro atoms. The highest BCUT2D eigenvalue weighted by molar-refractivity contribution is 5.68. The Hall–Kier alpha value is -1.49. The maximum Gasteiger partial charge on any atom is 0.308 e. The van der Waals surface area contributed by atoms with Gasteiger partial charge in [0, 0.05) is 12.8 Å². The number of esters is 1. The minimum atomic E-state index is -0.347. The molecule has 0 bridgehead atoms. The lowest BCUT2D eigenvalue weighted by Crippen LogP contribution is -2.29. The molecule has 1 aromatic rings. The van der Waals surface area contributed by atoms with Crippen LogP contribution in [-0.2, 0) is 4.79 Å². The molecule has 17 heavy (non-hydrogen) atoms. The molecule has 5 nitrogen and oxygen atoms in total. The molecule has 0 unspecified atom stereocenters. The van der Waals surface area contributed by atoms with Gasteiger partial charge in [-0.25, -0.2) is 9.97 Å². The minimum absolute atomic E-state index is 0.347. The topological polar surface area (TPSA) is 55.3 Å². The van der Waals surface area contributed by atoms with Gasteiger partial charge in [-0.15, -0.1) is 0 Å². The fourth-order valence-corrected chi connectivity index (χ4v) is 2.02. The number of likely N-dealkylation sites (tertiary alicyclic amines) is 1. The first-order chi connectivity index (χ1) is 8.15. The van der Waals surface area contributed by atoms with E-state index < -0.39 is 0 Å². The molecule has 1 aliphatic rings. The van der Waals surface area contributed by atoms with Crippen molar-refractivity contribution in [1.29, 1.82) is 0 Å². The smallest absolute Gasteiger partial charge is 0.308 e. The summed E-state index contributed by atoms with van der Waals surface area (Å²) in [6.07, 6.45) is 5.32. The van der Waals surface area contributed by atoms with Gasteiger partial charge in [-0.3, -0.25) is 4.79 Å². The number of carbonyl (C=O) groups excluding carboxylic acids is 1. The van der Waals surface area contributed by atoms with Gasteiger partial charge in [0.1, 0.15) is 5.82 Å². The molecule has 0 saturated carbocycles. The predicted molar refractivity (Wildman–Crippen MR) is 62.8 cm³/mol. The zero-order chi connectivity index (χ0) is 12.3. The molecular formula is C12H17N3O2. The van der Waals surface area contributed by atoms with Crippen LogP contribution < -0.4 is 4.74 Å². The normalized spacial score (nSPS) is 18.0. The van der Waals surface area contributed by atoms with Crippen molar-refractivity contribution in [2.75, 3.05) is 20.1 Å². The summed E-state index contributed by atoms with van der Waals surface area (Å²) < 4.78 is 4.90. The van der Waals surface area contributed by atoms with E-state index in [0.717, 1.165) is 31.8 Å². The highest BCUT2D eigenvalue weighted by atomic mass is 16.5. The number of aromatic nitrogens is 2. The largest absolute Gasteiger partial charge is 0.423 e. The van der Waals surface area contributed by atoms with Crippen LogP contribution in [0.4, 0.5) is 0 Å². The van der Waals surface area contributed by atoms with E-state index in [1.165, 1.54) is 6.92 Å². The van der Waals surface area contributed by atoms with E-state index in [0.29, 0.717) is 11.7 Å². The summed E-state index contributed by atoms with van der Waals surface area (Å²) in [6, 6.07) is 0. The zero-order valence-corrected chi connectivity index (χ0v) is 10.2. The van der Waals surface area contributed by atoms with Gasteiger partial charge in [0.2, 0.25) is 0 Å². The Bertz CT molecular complexity index is 383. The standard InChI is InChI=1S/C12H17N3O2/c1-9(16)17-11-7-13-12(14-8-11)10-3-5-15(2)6-4-10/h7-8,10H,3-6H2,1-2H3. The highest BCUT2D eigenvalue weighted by Crippen LogP contribution is 2.24. The van der Waals surface area contributed by atoms with Crippen LogP contribution in [0.5, 0.6) is 5.75 Å². The van der Waals surface area contributed by atoms with Crippen molar-refractivity contribution in [2.24, 2.45) is 0 Å². The summed E-state index contributed by atoms with van der Waals surface area (Å²) in [4.78, 5) is 21.6. The van der Waals surface area contributed by atoms with Crippen LogP contribution in [-0.4, -0.2) is 41.0 Å². The summed E-state index contributed by atoms with van der Waals surface area (Å²) >= 11 is 0. The predicted octanol–water partition coefficient (Wildman–Crippen LogP) is 1.21. The van der Waals surface area contributed by atoms with Gasteiger partial charge in [-0.05, 0) is 33.0 Å². The molecule has 0 amide bonds. The van der Waals surface area contributed by atoms with Crippen LogP contribution in [0.15, 0.2) is 12.4 Å². The summed E-state index contributed by atoms with van der Waals surface area (Å²) in [5.74, 6) is 1.35. The van der Waals surface area contributed by atoms with E-state index in [2.05, 4.69) is 21.9 Å². The van der Waals surface area contributed by atoms with Crippen LogP contribution in [0.25, 0.3) is 0 Å². The second-order valence-electron chi connectivity index (χ2n) is 4.45. The molecule has 0 aliphatic carbocycles. The first kappa shape index (κ1) is 12.0. The van der Waals surface area contributed by atoms with Gasteiger partial charge in [0.15, 0.2) is 5.75 Å². The van der Waals surface area contributed by atoms with Crippen molar-refractivity contribution in [3.63, 3.8) is 0 Å². The molecule has 2 heterocycles. The van der Waals surface area contributed by atoms with Gasteiger partial charge in [-0.2, -0.15) is 0 Å². The number of piperidine rings is 1. The SMILES string of the molecule is CC(=O)Oc1cnc(C2CCN(C)CC2)nc1. The van der Waals surface area contributed by atoms with Crippen molar-refractivity contribution in [3.05, 3.63) is 18.2 Å². The average Bonchev–Trinajstić information content (AvgIpc) is 2.30. The molecular weight excluding hydrogens is 218 g/mol. The Kier molecular flexibility index (Phi) is 3.68. The van der Waals surface area contributed by atoms with Crippen LogP contribution in [0.2, 0.25) is 0 Å². The molecule has 1 aliphatic heterocycles. The van der Waals surface area contributed by atoms with Crippen LogP contribution in [0, 0.1) is 0 Å². The Balaban J connectivity index is 2.00. The monoisotopic (exact) mass is 235 g/mol. The summed E-state index contributed by atoms with van der Waals surface area (Å²) in [7, 11) is 2.13. The van der Waals surface area contributed by atoms with Crippen molar-refractivity contribution >= 4 is 5.97 Å². The van der Waals surface area contributed by atoms with Gasteiger partial charge >= 0.3 is 5.97 Å². The number of ether oxygens (including phenoxy) is 1. The second-order valence-corrected chi connectivity index (χ2v) is 4.45. The summed E-state index contributed by atoms with van der Waals surface area (Å²) in [5, 5.41) is 0. The fourth-order valence-electron chi connectivity index (χ4n) is 2.02. The fraction of sp³-hybridized carbons (Fsp3) is 0.583. The molecule has 2 rings (SSSR count). The van der Waals surface area contributed by atoms with Gasteiger partial charge < -0.3 is 9.64 Å². The first-order valence-electron chi connectivity index (χ1n) is 5.84. The van der Waals surface area contributed by atoms with Crippen LogP contribution >= 0.6 is 0 Å². The van der Waals surface area contributed by atoms with Gasteiger partial charge in [-0.1, -0.05) is 0 Å². The van der Waals surface area contributed by atoms with E-state index in [1.54, 1.807) is 12.4 Å². The molecule has 0 N–H and O–H groups in total. The number of rotatable bonds is 2. The third-order valence-corrected chi connectivity index (χ3v) is 2.99. The van der Waals surface area contributed by atoms with Gasteiger partial charge in [0.05, 0.1) is 12.4 Å². The lowest BCUT2D eigenvalue weighted by Gasteiger charge is -2.27. The third-order valence-electron chi connectivity index (χ3n) is 2.99. The number of hydrogen-bond acceptors (Lipinski definition) is 5. The Labute approximate surface area is 101 Å². The molecule has 92 valence electrons. The van der Waals surface area contributed by atoms with E-state index in [4.69, 9.17) is 4.74 Å². The van der Waals surface area contributed by atoms with Crippen molar-refractivity contribution in [2.45, 2.75) is 25.7 Å². The van der Waals surface area contributed by atoms with E-state index in [-0.39, 0.29) is 5.97 Å². The lowest BCUT2D eigenvalue weighted by molar-refractivity contribution is -0.131. The molecule has 0 radical (unpaired) electrons. The maximum absolute atomic E-state index is 10.8. The van der Waals surface area contributed by atoms with Crippen LogP contribution in [0.3, 0.4) is 0 Å². The van der Waals surface area contributed by atoms with Gasteiger partial charge in [0.25, 0.3) is 0 Å². The van der Waals surface area contributed by atoms with Crippen molar-refractivity contribution < 1.29 is 9.53 Å². The van der Waals surface area contributed by atoms with Crippen molar-refractivity contribution in [3.8, 4) is 5.75 Å². The highest BCUT2D eigenvalue weighted by Gasteiger charge is 2.20. The minimum Gasteiger partial charge on any atom is -0.423 e. The Morgan fingerprint density at radius 2 is 1.94 bits per heavy atom. The average molecular weight is 235 g/mol. The van der Waals surface area contributed by atoms with E-state index in [9.17, 15) is 4.79 Å². The van der Waals surface area contributed by atoms with Crippen molar-refractivity contribution in [1.82, 2.24) is 14.9 Å². The second kappa shape index (κ2) is 5.23. The first-order valence-corrected chi connectivity index (χ1v) is 5.84. The zero-order valence-electron chi connectivity index (χ0n) is 10.2. The molecule has 1 saturated heterocycles. The maximum atomic E-state index is 10.8. The molecule has 1 aromatic heterocycles.